The van der Waals surface area contributed by atoms with Crippen molar-refractivity contribution >= 4 is 0 Å². The highest BCUT2D eigenvalue weighted by Crippen LogP contribution is 2.30. The first-order valence-corrected chi connectivity index (χ1v) is 5.22. The van der Waals surface area contributed by atoms with Gasteiger partial charge in [-0.25, -0.2) is 0 Å². The lowest BCUT2D eigenvalue weighted by Gasteiger charge is -2.11. The highest BCUT2D eigenvalue weighted by atomic mass is 14.2. The van der Waals surface area contributed by atoms with Crippen LogP contribution in [0, 0.1) is 11.8 Å². The molecule has 0 radical (unpaired) electrons. The molecule has 0 atom stereocenters. The van der Waals surface area contributed by atoms with Gasteiger partial charge in [-0.05, 0) is 11.8 Å². The van der Waals surface area contributed by atoms with Gasteiger partial charge >= 0.3 is 0 Å². The summed E-state index contributed by atoms with van der Waals surface area (Å²) in [6.07, 6.45) is 7.22. The van der Waals surface area contributed by atoms with Crippen molar-refractivity contribution in [3.63, 3.8) is 0 Å². The molecule has 0 unspecified atom stereocenters. The van der Waals surface area contributed by atoms with E-state index in [4.69, 9.17) is 0 Å². The Kier molecular flexibility index (Phi) is 11.0. The summed E-state index contributed by atoms with van der Waals surface area (Å²) in [6.45, 7) is 8.94. The molecule has 0 bridgehead atoms. The minimum Gasteiger partial charge on any atom is -0.0776 e. The van der Waals surface area contributed by atoms with E-state index >= 15 is 0 Å². The summed E-state index contributed by atoms with van der Waals surface area (Å²) < 4.78 is 0. The molecule has 0 aromatic heterocycles. The fourth-order valence-electron chi connectivity index (χ4n) is 1.62. The number of hydrogen-bond donors (Lipinski definition) is 0. The maximum Gasteiger partial charge on any atom is -0.0391 e. The van der Waals surface area contributed by atoms with Gasteiger partial charge in [0.1, 0.15) is 0 Å². The Morgan fingerprint density at radius 2 is 1.42 bits per heavy atom. The van der Waals surface area contributed by atoms with Crippen LogP contribution in [0.2, 0.25) is 0 Å². The van der Waals surface area contributed by atoms with Crippen molar-refractivity contribution in [2.75, 3.05) is 0 Å². The Morgan fingerprint density at radius 1 is 1.08 bits per heavy atom. The van der Waals surface area contributed by atoms with Crippen LogP contribution in [0.1, 0.15) is 67.2 Å². The second-order valence-corrected chi connectivity index (χ2v) is 4.00. The van der Waals surface area contributed by atoms with Crippen molar-refractivity contribution in [1.82, 2.24) is 0 Å². The third-order valence-electron chi connectivity index (χ3n) is 2.34. The predicted octanol–water partition coefficient (Wildman–Crippen LogP) is 4.89. The zero-order chi connectivity index (χ0) is 8.69. The summed E-state index contributed by atoms with van der Waals surface area (Å²) in [4.78, 5) is 0. The lowest BCUT2D eigenvalue weighted by molar-refractivity contribution is 0.396. The van der Waals surface area contributed by atoms with E-state index in [1.165, 1.54) is 32.1 Å². The molecule has 0 heterocycles. The molecule has 1 saturated carbocycles. The van der Waals surface area contributed by atoms with E-state index in [1.807, 2.05) is 0 Å². The smallest absolute Gasteiger partial charge is 0.0391 e. The Morgan fingerprint density at radius 3 is 1.58 bits per heavy atom. The van der Waals surface area contributed by atoms with Gasteiger partial charge in [-0.15, -0.1) is 0 Å². The van der Waals surface area contributed by atoms with Gasteiger partial charge in [0.15, 0.2) is 0 Å². The molecule has 0 amide bonds. The highest BCUT2D eigenvalue weighted by molar-refractivity contribution is 4.69. The summed E-state index contributed by atoms with van der Waals surface area (Å²) >= 11 is 0. The zero-order valence-electron chi connectivity index (χ0n) is 8.69. The Hall–Kier alpha value is 0. The van der Waals surface area contributed by atoms with Crippen LogP contribution in [0.4, 0.5) is 0 Å². The van der Waals surface area contributed by atoms with Gasteiger partial charge < -0.3 is 0 Å². The fraction of sp³-hybridized carbons (Fsp3) is 1.00. The first kappa shape index (κ1) is 14.5. The normalized spacial score (nSPS) is 16.8. The van der Waals surface area contributed by atoms with Crippen molar-refractivity contribution in [1.29, 1.82) is 0 Å². The maximum atomic E-state index is 2.34. The van der Waals surface area contributed by atoms with Crippen molar-refractivity contribution in [3.05, 3.63) is 0 Å². The van der Waals surface area contributed by atoms with Crippen LogP contribution in [0.5, 0.6) is 0 Å². The fourth-order valence-corrected chi connectivity index (χ4v) is 1.62. The maximum absolute atomic E-state index is 2.34. The molecule has 0 aromatic carbocycles. The van der Waals surface area contributed by atoms with E-state index in [1.54, 1.807) is 0 Å². The topological polar surface area (TPSA) is 0 Å². The summed E-state index contributed by atoms with van der Waals surface area (Å²) in [5.41, 5.74) is 0. The van der Waals surface area contributed by atoms with Gasteiger partial charge in [0.05, 0.1) is 0 Å². The monoisotopic (exact) mass is 172 g/mol. The number of hydrogen-bond acceptors (Lipinski definition) is 0. The number of rotatable bonds is 1. The van der Waals surface area contributed by atoms with Crippen LogP contribution < -0.4 is 0 Å². The average Bonchev–Trinajstić information content (AvgIpc) is 2.38. The Labute approximate surface area is 79.8 Å². The molecule has 1 rings (SSSR count). The quantitative estimate of drug-likeness (QED) is 0.528. The molecule has 0 nitrogen and oxygen atoms in total. The molecule has 0 N–H and O–H groups in total. The van der Waals surface area contributed by atoms with E-state index in [2.05, 4.69) is 27.7 Å². The largest absolute Gasteiger partial charge is 0.0776 e. The lowest BCUT2D eigenvalue weighted by Crippen LogP contribution is -2.01. The van der Waals surface area contributed by atoms with E-state index in [9.17, 15) is 0 Å². The molecule has 0 saturated heterocycles. The minimum absolute atomic E-state index is 0. The van der Waals surface area contributed by atoms with Crippen LogP contribution in [0.3, 0.4) is 0 Å². The van der Waals surface area contributed by atoms with Gasteiger partial charge in [-0.3, -0.25) is 0 Å². The standard InChI is InChI=1S/C8H16.C3H8.CH4/c1-7(2)8-5-3-4-6-8;1-3-2;/h7-8H,3-6H2,1-2H3;3H2,1-2H3;1H4. The molecule has 0 heteroatoms. The summed E-state index contributed by atoms with van der Waals surface area (Å²) in [5.74, 6) is 2.01. The molecular formula is C12H28. The third kappa shape index (κ3) is 6.69. The first-order valence-electron chi connectivity index (χ1n) is 5.22. The lowest BCUT2D eigenvalue weighted by atomic mass is 9.95. The molecule has 76 valence electrons. The van der Waals surface area contributed by atoms with Gasteiger partial charge in [0.25, 0.3) is 0 Å². The second kappa shape index (κ2) is 9.09. The predicted molar refractivity (Wildman–Crippen MR) is 59.5 cm³/mol. The van der Waals surface area contributed by atoms with Crippen LogP contribution in [-0.2, 0) is 0 Å². The SMILES string of the molecule is C.CC(C)C1CCCC1.CCC. The average molecular weight is 172 g/mol. The van der Waals surface area contributed by atoms with Crippen molar-refractivity contribution in [2.24, 2.45) is 11.8 Å². The van der Waals surface area contributed by atoms with Gasteiger partial charge in [0.2, 0.25) is 0 Å². The van der Waals surface area contributed by atoms with E-state index in [0.29, 0.717) is 0 Å². The summed E-state index contributed by atoms with van der Waals surface area (Å²) in [5, 5.41) is 0. The molecule has 1 aliphatic rings. The molecule has 0 aliphatic heterocycles. The van der Waals surface area contributed by atoms with E-state index in [0.717, 1.165) is 11.8 Å². The molecule has 0 spiro atoms. The van der Waals surface area contributed by atoms with Crippen LogP contribution in [0.15, 0.2) is 0 Å². The van der Waals surface area contributed by atoms with Crippen molar-refractivity contribution < 1.29 is 0 Å². The first-order chi connectivity index (χ1) is 5.22. The summed E-state index contributed by atoms with van der Waals surface area (Å²) in [6, 6.07) is 0. The Bertz CT molecular complexity index is 68.1. The van der Waals surface area contributed by atoms with Gasteiger partial charge in [-0.1, -0.05) is 67.2 Å². The van der Waals surface area contributed by atoms with Crippen LogP contribution >= 0.6 is 0 Å². The molecule has 0 aromatic rings. The van der Waals surface area contributed by atoms with E-state index in [-0.39, 0.29) is 7.43 Å². The van der Waals surface area contributed by atoms with Crippen LogP contribution in [-0.4, -0.2) is 0 Å². The van der Waals surface area contributed by atoms with Gasteiger partial charge in [-0.2, -0.15) is 0 Å². The minimum atomic E-state index is 0. The Balaban J connectivity index is 0. The van der Waals surface area contributed by atoms with Crippen molar-refractivity contribution in [3.8, 4) is 0 Å². The van der Waals surface area contributed by atoms with Gasteiger partial charge in [0, 0.05) is 0 Å². The molecule has 1 aliphatic carbocycles. The zero-order valence-corrected chi connectivity index (χ0v) is 8.69. The third-order valence-corrected chi connectivity index (χ3v) is 2.34. The molecular weight excluding hydrogens is 144 g/mol. The second-order valence-electron chi connectivity index (χ2n) is 4.00. The van der Waals surface area contributed by atoms with Crippen LogP contribution in [0.25, 0.3) is 0 Å². The van der Waals surface area contributed by atoms with Crippen molar-refractivity contribution in [2.45, 2.75) is 67.2 Å². The highest BCUT2D eigenvalue weighted by Gasteiger charge is 2.17. The molecule has 12 heavy (non-hydrogen) atoms. The van der Waals surface area contributed by atoms with E-state index < -0.39 is 0 Å². The summed E-state index contributed by atoms with van der Waals surface area (Å²) in [7, 11) is 0. The molecule has 1 fully saturated rings.